The van der Waals surface area contributed by atoms with E-state index in [1.807, 2.05) is 6.07 Å². The number of benzene rings is 1. The number of hydrogen-bond donors (Lipinski definition) is 1. The third-order valence-corrected chi connectivity index (χ3v) is 2.36. The van der Waals surface area contributed by atoms with Gasteiger partial charge < -0.3 is 5.32 Å². The van der Waals surface area contributed by atoms with Gasteiger partial charge in [-0.05, 0) is 37.1 Å². The summed E-state index contributed by atoms with van der Waals surface area (Å²) in [6.07, 6.45) is 0.687. The van der Waals surface area contributed by atoms with Crippen molar-refractivity contribution in [1.29, 1.82) is 0 Å². The average molecular weight is 215 g/mol. The minimum Gasteiger partial charge on any atom is -0.355 e. The molecular formula is C14H17NO. The molecule has 0 bridgehead atoms. The lowest BCUT2D eigenvalue weighted by Gasteiger charge is -1.99. The number of nitrogens with one attached hydrogen (secondary N) is 1. The Morgan fingerprint density at radius 1 is 1.31 bits per heavy atom. The molecule has 0 atom stereocenters. The summed E-state index contributed by atoms with van der Waals surface area (Å²) in [7, 11) is 0. The Balaban J connectivity index is 2.50. The van der Waals surface area contributed by atoms with E-state index in [0.717, 1.165) is 5.56 Å². The lowest BCUT2D eigenvalue weighted by atomic mass is 10.1. The Bertz CT molecular complexity index is 438. The van der Waals surface area contributed by atoms with E-state index >= 15 is 0 Å². The largest absolute Gasteiger partial charge is 0.355 e. The van der Waals surface area contributed by atoms with E-state index in [4.69, 9.17) is 0 Å². The summed E-state index contributed by atoms with van der Waals surface area (Å²) in [5.74, 6) is 6.12. The first kappa shape index (κ1) is 12.3. The molecule has 0 unspecified atom stereocenters. The smallest absolute Gasteiger partial charge is 0.216 e. The average Bonchev–Trinajstić information content (AvgIpc) is 2.22. The van der Waals surface area contributed by atoms with Gasteiger partial charge in [-0.2, -0.15) is 0 Å². The van der Waals surface area contributed by atoms with Gasteiger partial charge in [-0.3, -0.25) is 4.79 Å². The molecule has 84 valence electrons. The first-order chi connectivity index (χ1) is 7.59. The van der Waals surface area contributed by atoms with Crippen LogP contribution in [-0.2, 0) is 4.79 Å². The van der Waals surface area contributed by atoms with Crippen LogP contribution in [0.1, 0.15) is 30.0 Å². The van der Waals surface area contributed by atoms with E-state index in [0.29, 0.717) is 13.0 Å². The van der Waals surface area contributed by atoms with Crippen LogP contribution in [0.5, 0.6) is 0 Å². The molecule has 0 fully saturated rings. The van der Waals surface area contributed by atoms with Crippen LogP contribution in [0.25, 0.3) is 0 Å². The van der Waals surface area contributed by atoms with E-state index in [1.165, 1.54) is 18.1 Å². The van der Waals surface area contributed by atoms with Gasteiger partial charge in [0.15, 0.2) is 0 Å². The van der Waals surface area contributed by atoms with Gasteiger partial charge in [-0.15, -0.1) is 0 Å². The van der Waals surface area contributed by atoms with E-state index in [1.54, 1.807) is 0 Å². The van der Waals surface area contributed by atoms with Crippen LogP contribution >= 0.6 is 0 Å². The Hall–Kier alpha value is -1.75. The number of hydrogen-bond acceptors (Lipinski definition) is 1. The minimum absolute atomic E-state index is 0.00650. The van der Waals surface area contributed by atoms with Crippen molar-refractivity contribution in [3.63, 3.8) is 0 Å². The molecule has 2 heteroatoms. The molecule has 0 aliphatic rings. The summed E-state index contributed by atoms with van der Waals surface area (Å²) in [6.45, 7) is 6.30. The van der Waals surface area contributed by atoms with Gasteiger partial charge in [0.25, 0.3) is 0 Å². The molecule has 0 heterocycles. The SMILES string of the molecule is CC(=O)NCCC#Cc1ccc(C)c(C)c1. The van der Waals surface area contributed by atoms with Crippen LogP contribution in [0.15, 0.2) is 18.2 Å². The fourth-order valence-electron chi connectivity index (χ4n) is 1.28. The van der Waals surface area contributed by atoms with E-state index < -0.39 is 0 Å². The lowest BCUT2D eigenvalue weighted by Crippen LogP contribution is -2.20. The van der Waals surface area contributed by atoms with Gasteiger partial charge in [0.2, 0.25) is 5.91 Å². The van der Waals surface area contributed by atoms with Crippen molar-refractivity contribution in [3.05, 3.63) is 34.9 Å². The maximum Gasteiger partial charge on any atom is 0.216 e. The highest BCUT2D eigenvalue weighted by Crippen LogP contribution is 2.08. The predicted molar refractivity (Wildman–Crippen MR) is 66.1 cm³/mol. The highest BCUT2D eigenvalue weighted by Gasteiger charge is 1.92. The number of aryl methyl sites for hydroxylation is 2. The number of rotatable bonds is 2. The summed E-state index contributed by atoms with van der Waals surface area (Å²) < 4.78 is 0. The molecule has 0 saturated heterocycles. The third kappa shape index (κ3) is 4.18. The van der Waals surface area contributed by atoms with E-state index in [9.17, 15) is 4.79 Å². The summed E-state index contributed by atoms with van der Waals surface area (Å²) in [6, 6.07) is 6.18. The molecular weight excluding hydrogens is 198 g/mol. The molecule has 1 N–H and O–H groups in total. The van der Waals surface area contributed by atoms with Gasteiger partial charge in [-0.25, -0.2) is 0 Å². The fourth-order valence-corrected chi connectivity index (χ4v) is 1.28. The highest BCUT2D eigenvalue weighted by atomic mass is 16.1. The lowest BCUT2D eigenvalue weighted by molar-refractivity contribution is -0.118. The molecule has 0 radical (unpaired) electrons. The Labute approximate surface area is 97.1 Å². The Kier molecular flexibility index (Phi) is 4.60. The standard InChI is InChI=1S/C14H17NO/c1-11-7-8-14(10-12(11)2)6-4-5-9-15-13(3)16/h7-8,10H,5,9H2,1-3H3,(H,15,16). The van der Waals surface area contributed by atoms with Gasteiger partial charge in [0.1, 0.15) is 0 Å². The quantitative estimate of drug-likeness (QED) is 0.594. The van der Waals surface area contributed by atoms with Crippen LogP contribution in [0.3, 0.4) is 0 Å². The van der Waals surface area contributed by atoms with E-state index in [2.05, 4.69) is 43.1 Å². The molecule has 16 heavy (non-hydrogen) atoms. The summed E-state index contributed by atoms with van der Waals surface area (Å²) >= 11 is 0. The fraction of sp³-hybridized carbons (Fsp3) is 0.357. The first-order valence-corrected chi connectivity index (χ1v) is 5.40. The molecule has 0 aromatic heterocycles. The second-order valence-corrected chi connectivity index (χ2v) is 3.83. The van der Waals surface area contributed by atoms with Crippen LogP contribution < -0.4 is 5.32 Å². The Morgan fingerprint density at radius 3 is 2.69 bits per heavy atom. The number of carbonyl (C=O) groups is 1. The van der Waals surface area contributed by atoms with Crippen LogP contribution in [0.4, 0.5) is 0 Å². The monoisotopic (exact) mass is 215 g/mol. The van der Waals surface area contributed by atoms with E-state index in [-0.39, 0.29) is 5.91 Å². The highest BCUT2D eigenvalue weighted by molar-refractivity contribution is 5.72. The van der Waals surface area contributed by atoms with Gasteiger partial charge in [0.05, 0.1) is 0 Å². The molecule has 0 aliphatic carbocycles. The Morgan fingerprint density at radius 2 is 2.06 bits per heavy atom. The molecule has 0 saturated carbocycles. The summed E-state index contributed by atoms with van der Waals surface area (Å²) in [5, 5.41) is 2.71. The minimum atomic E-state index is -0.00650. The van der Waals surface area contributed by atoms with Gasteiger partial charge >= 0.3 is 0 Å². The number of carbonyl (C=O) groups excluding carboxylic acids is 1. The first-order valence-electron chi connectivity index (χ1n) is 5.40. The molecule has 0 spiro atoms. The van der Waals surface area contributed by atoms with Crippen LogP contribution in [-0.4, -0.2) is 12.5 Å². The maximum atomic E-state index is 10.6. The summed E-state index contributed by atoms with van der Waals surface area (Å²) in [5.41, 5.74) is 3.57. The van der Waals surface area contributed by atoms with Crippen molar-refractivity contribution in [2.75, 3.05) is 6.54 Å². The second-order valence-electron chi connectivity index (χ2n) is 3.83. The van der Waals surface area contributed by atoms with Crippen LogP contribution in [0.2, 0.25) is 0 Å². The van der Waals surface area contributed by atoms with Crippen molar-refractivity contribution in [2.45, 2.75) is 27.2 Å². The van der Waals surface area contributed by atoms with Crippen molar-refractivity contribution in [3.8, 4) is 11.8 Å². The molecule has 1 aromatic rings. The zero-order chi connectivity index (χ0) is 12.0. The molecule has 2 nitrogen and oxygen atoms in total. The van der Waals surface area contributed by atoms with Crippen LogP contribution in [0, 0.1) is 25.7 Å². The maximum absolute atomic E-state index is 10.6. The predicted octanol–water partition coefficient (Wildman–Crippen LogP) is 2.18. The molecule has 1 aromatic carbocycles. The molecule has 1 rings (SSSR count). The van der Waals surface area contributed by atoms with Crippen molar-refractivity contribution in [1.82, 2.24) is 5.32 Å². The van der Waals surface area contributed by atoms with Crippen molar-refractivity contribution in [2.24, 2.45) is 0 Å². The van der Waals surface area contributed by atoms with Crippen molar-refractivity contribution >= 4 is 5.91 Å². The van der Waals surface area contributed by atoms with Gasteiger partial charge in [0, 0.05) is 25.5 Å². The topological polar surface area (TPSA) is 29.1 Å². The third-order valence-electron chi connectivity index (χ3n) is 2.36. The molecule has 1 amide bonds. The second kappa shape index (κ2) is 5.97. The molecule has 0 aliphatic heterocycles. The summed E-state index contributed by atoms with van der Waals surface area (Å²) in [4.78, 5) is 10.6. The number of amides is 1. The zero-order valence-corrected chi connectivity index (χ0v) is 10.1. The van der Waals surface area contributed by atoms with Crippen molar-refractivity contribution < 1.29 is 4.79 Å². The van der Waals surface area contributed by atoms with Gasteiger partial charge in [-0.1, -0.05) is 17.9 Å². The normalized spacial score (nSPS) is 9.19. The zero-order valence-electron chi connectivity index (χ0n) is 10.1.